The lowest BCUT2D eigenvalue weighted by molar-refractivity contribution is 0.0343. The number of ether oxygens (including phenoxy) is 1. The van der Waals surface area contributed by atoms with E-state index < -0.39 is 0 Å². The van der Waals surface area contributed by atoms with Crippen LogP contribution in [0.15, 0.2) is 12.1 Å². The molecule has 0 spiro atoms. The summed E-state index contributed by atoms with van der Waals surface area (Å²) in [6.45, 7) is 2.74. The Morgan fingerprint density at radius 2 is 2.29 bits per heavy atom. The van der Waals surface area contributed by atoms with E-state index in [4.69, 9.17) is 15.9 Å². The summed E-state index contributed by atoms with van der Waals surface area (Å²) < 4.78 is 5.63. The van der Waals surface area contributed by atoms with Gasteiger partial charge in [-0.05, 0) is 43.9 Å². The van der Waals surface area contributed by atoms with Gasteiger partial charge in [0.2, 0.25) is 0 Å². The number of nitrogen functional groups attached to an aromatic ring is 1. The lowest BCUT2D eigenvalue weighted by Gasteiger charge is -2.25. The minimum Gasteiger partial charge on any atom is -0.398 e. The summed E-state index contributed by atoms with van der Waals surface area (Å²) in [5.41, 5.74) is 9.28. The average Bonchev–Trinajstić information content (AvgIpc) is 2.36. The number of hydrogen-bond donors (Lipinski definition) is 3. The summed E-state index contributed by atoms with van der Waals surface area (Å²) in [6, 6.07) is 3.79. The lowest BCUT2D eigenvalue weighted by atomic mass is 10.0. The highest BCUT2D eigenvalue weighted by Crippen LogP contribution is 2.25. The van der Waals surface area contributed by atoms with Crippen molar-refractivity contribution in [3.05, 3.63) is 23.3 Å². The molecule has 0 amide bonds. The number of nitrogens with two attached hydrogens (primary N) is 1. The molecule has 1 aliphatic heterocycles. The van der Waals surface area contributed by atoms with Gasteiger partial charge in [-0.3, -0.25) is 0 Å². The van der Waals surface area contributed by atoms with Gasteiger partial charge in [0.25, 0.3) is 0 Å². The average molecular weight is 233 g/mol. The monoisotopic (exact) mass is 233 g/mol. The molecule has 1 saturated heterocycles. The van der Waals surface area contributed by atoms with Crippen LogP contribution in [0, 0.1) is 12.3 Å². The second kappa shape index (κ2) is 5.19. The summed E-state index contributed by atoms with van der Waals surface area (Å²) in [6.07, 6.45) is 4.74. The van der Waals surface area contributed by atoms with E-state index in [2.05, 4.69) is 5.32 Å². The Kier molecular flexibility index (Phi) is 3.64. The second-order valence-electron chi connectivity index (χ2n) is 4.38. The first-order chi connectivity index (χ1) is 8.22. The molecule has 0 aliphatic carbocycles. The molecule has 1 unspecified atom stereocenters. The fraction of sp³-hybridized carbons (Fsp3) is 0.462. The van der Waals surface area contributed by atoms with Crippen molar-refractivity contribution in [2.75, 3.05) is 17.7 Å². The van der Waals surface area contributed by atoms with Gasteiger partial charge >= 0.3 is 0 Å². The Morgan fingerprint density at radius 1 is 1.47 bits per heavy atom. The van der Waals surface area contributed by atoms with Gasteiger partial charge in [-0.1, -0.05) is 0 Å². The zero-order valence-corrected chi connectivity index (χ0v) is 10.1. The van der Waals surface area contributed by atoms with Gasteiger partial charge in [0, 0.05) is 29.8 Å². The first-order valence-corrected chi connectivity index (χ1v) is 6.00. The SMILES string of the molecule is Cc1c(N)ccc(NC2CCCCO2)c1C=N. The van der Waals surface area contributed by atoms with Crippen LogP contribution in [-0.2, 0) is 4.74 Å². The van der Waals surface area contributed by atoms with E-state index in [1.165, 1.54) is 12.6 Å². The molecule has 1 heterocycles. The Labute approximate surface area is 102 Å². The third-order valence-electron chi connectivity index (χ3n) is 3.20. The molecule has 4 nitrogen and oxygen atoms in total. The van der Waals surface area contributed by atoms with E-state index in [9.17, 15) is 0 Å². The molecule has 4 N–H and O–H groups in total. The molecule has 0 aromatic heterocycles. The van der Waals surface area contributed by atoms with Crippen LogP contribution < -0.4 is 11.1 Å². The topological polar surface area (TPSA) is 71.1 Å². The van der Waals surface area contributed by atoms with E-state index in [0.29, 0.717) is 0 Å². The Balaban J connectivity index is 2.19. The van der Waals surface area contributed by atoms with E-state index in [1.54, 1.807) is 0 Å². The van der Waals surface area contributed by atoms with Gasteiger partial charge in [0.15, 0.2) is 0 Å². The van der Waals surface area contributed by atoms with Gasteiger partial charge in [-0.2, -0.15) is 0 Å². The molecular formula is C13H19N3O. The summed E-state index contributed by atoms with van der Waals surface area (Å²) in [4.78, 5) is 0. The number of anilines is 2. The van der Waals surface area contributed by atoms with Crippen molar-refractivity contribution in [3.8, 4) is 0 Å². The number of nitrogens with one attached hydrogen (secondary N) is 2. The van der Waals surface area contributed by atoms with Gasteiger partial charge in [-0.25, -0.2) is 0 Å². The molecule has 1 aliphatic rings. The predicted octanol–water partition coefficient (Wildman–Crippen LogP) is 2.51. The zero-order chi connectivity index (χ0) is 12.3. The number of rotatable bonds is 3. The normalized spacial score (nSPS) is 19.9. The van der Waals surface area contributed by atoms with Crippen molar-refractivity contribution < 1.29 is 4.74 Å². The van der Waals surface area contributed by atoms with E-state index in [-0.39, 0.29) is 6.23 Å². The molecule has 0 bridgehead atoms. The highest BCUT2D eigenvalue weighted by Gasteiger charge is 2.15. The van der Waals surface area contributed by atoms with Crippen molar-refractivity contribution in [1.82, 2.24) is 0 Å². The van der Waals surface area contributed by atoms with Crippen LogP contribution in [-0.4, -0.2) is 19.0 Å². The molecule has 2 rings (SSSR count). The van der Waals surface area contributed by atoms with Gasteiger partial charge in [0.05, 0.1) is 0 Å². The van der Waals surface area contributed by atoms with Gasteiger partial charge in [-0.15, -0.1) is 0 Å². The van der Waals surface area contributed by atoms with Crippen LogP contribution in [0.4, 0.5) is 11.4 Å². The predicted molar refractivity (Wildman–Crippen MR) is 70.7 cm³/mol. The highest BCUT2D eigenvalue weighted by molar-refractivity contribution is 5.90. The van der Waals surface area contributed by atoms with Crippen LogP contribution in [0.2, 0.25) is 0 Å². The molecule has 92 valence electrons. The summed E-state index contributed by atoms with van der Waals surface area (Å²) >= 11 is 0. The molecule has 0 saturated carbocycles. The largest absolute Gasteiger partial charge is 0.398 e. The molecule has 1 aromatic rings. The maximum atomic E-state index is 7.48. The molecule has 0 radical (unpaired) electrons. The maximum absolute atomic E-state index is 7.48. The van der Waals surface area contributed by atoms with E-state index in [0.717, 1.165) is 42.0 Å². The van der Waals surface area contributed by atoms with Crippen molar-refractivity contribution >= 4 is 17.6 Å². The van der Waals surface area contributed by atoms with Crippen LogP contribution >= 0.6 is 0 Å². The molecule has 4 heteroatoms. The first-order valence-electron chi connectivity index (χ1n) is 6.00. The lowest BCUT2D eigenvalue weighted by Crippen LogP contribution is -2.27. The summed E-state index contributed by atoms with van der Waals surface area (Å²) in [5, 5.41) is 10.8. The molecule has 1 aromatic carbocycles. The Bertz CT molecular complexity index is 411. The number of hydrogen-bond acceptors (Lipinski definition) is 4. The fourth-order valence-electron chi connectivity index (χ4n) is 2.09. The quantitative estimate of drug-likeness (QED) is 0.555. The third kappa shape index (κ3) is 2.58. The summed E-state index contributed by atoms with van der Waals surface area (Å²) in [7, 11) is 0. The number of benzene rings is 1. The Morgan fingerprint density at radius 3 is 2.94 bits per heavy atom. The summed E-state index contributed by atoms with van der Waals surface area (Å²) in [5.74, 6) is 0. The molecule has 1 atom stereocenters. The zero-order valence-electron chi connectivity index (χ0n) is 10.1. The van der Waals surface area contributed by atoms with Crippen LogP contribution in [0.1, 0.15) is 30.4 Å². The highest BCUT2D eigenvalue weighted by atomic mass is 16.5. The minimum atomic E-state index is 0.0606. The smallest absolute Gasteiger partial charge is 0.127 e. The maximum Gasteiger partial charge on any atom is 0.127 e. The van der Waals surface area contributed by atoms with Crippen LogP contribution in [0.5, 0.6) is 0 Å². The van der Waals surface area contributed by atoms with Gasteiger partial charge in [0.1, 0.15) is 6.23 Å². The van der Waals surface area contributed by atoms with Crippen molar-refractivity contribution in [2.24, 2.45) is 0 Å². The standard InChI is InChI=1S/C13H19N3O/c1-9-10(8-14)12(6-5-11(9)15)16-13-4-2-3-7-17-13/h5-6,8,13-14,16H,2-4,7,15H2,1H3. The van der Waals surface area contributed by atoms with Crippen LogP contribution in [0.3, 0.4) is 0 Å². The van der Waals surface area contributed by atoms with Crippen molar-refractivity contribution in [1.29, 1.82) is 5.41 Å². The van der Waals surface area contributed by atoms with E-state index in [1.807, 2.05) is 19.1 Å². The molecule has 1 fully saturated rings. The minimum absolute atomic E-state index is 0.0606. The van der Waals surface area contributed by atoms with Gasteiger partial charge < -0.3 is 21.2 Å². The Hall–Kier alpha value is -1.55. The molecule has 17 heavy (non-hydrogen) atoms. The fourth-order valence-corrected chi connectivity index (χ4v) is 2.09. The second-order valence-corrected chi connectivity index (χ2v) is 4.38. The first kappa shape index (κ1) is 11.9. The van der Waals surface area contributed by atoms with Crippen molar-refractivity contribution in [3.63, 3.8) is 0 Å². The van der Waals surface area contributed by atoms with Crippen molar-refractivity contribution in [2.45, 2.75) is 32.4 Å². The van der Waals surface area contributed by atoms with Crippen LogP contribution in [0.25, 0.3) is 0 Å². The third-order valence-corrected chi connectivity index (χ3v) is 3.20. The molecular weight excluding hydrogens is 214 g/mol. The van der Waals surface area contributed by atoms with E-state index >= 15 is 0 Å².